The van der Waals surface area contributed by atoms with Gasteiger partial charge in [-0.2, -0.15) is 0 Å². The number of ketones is 1. The van der Waals surface area contributed by atoms with Crippen molar-refractivity contribution in [3.63, 3.8) is 0 Å². The molecule has 31 heavy (non-hydrogen) atoms. The lowest BCUT2D eigenvalue weighted by molar-refractivity contribution is -0.145. The summed E-state index contributed by atoms with van der Waals surface area (Å²) in [6.07, 6.45) is 2.54. The van der Waals surface area contributed by atoms with Crippen LogP contribution in [0.2, 0.25) is 0 Å². The summed E-state index contributed by atoms with van der Waals surface area (Å²) in [4.78, 5) is 31.1. The summed E-state index contributed by atoms with van der Waals surface area (Å²) in [5, 5.41) is 9.74. The van der Waals surface area contributed by atoms with E-state index in [0.717, 1.165) is 16.8 Å². The van der Waals surface area contributed by atoms with Gasteiger partial charge in [0.25, 0.3) is 0 Å². The molecule has 0 radical (unpaired) electrons. The lowest BCUT2D eigenvalue weighted by Crippen LogP contribution is -2.38. The molecule has 4 rings (SSSR count). The fourth-order valence-corrected chi connectivity index (χ4v) is 4.60. The highest BCUT2D eigenvalue weighted by Crippen LogP contribution is 2.46. The minimum absolute atomic E-state index is 0.00551. The summed E-state index contributed by atoms with van der Waals surface area (Å²) < 4.78 is 5.36. The van der Waals surface area contributed by atoms with Gasteiger partial charge in [0, 0.05) is 29.3 Å². The van der Waals surface area contributed by atoms with Crippen LogP contribution in [-0.4, -0.2) is 29.2 Å². The molecule has 1 heterocycles. The van der Waals surface area contributed by atoms with E-state index in [9.17, 15) is 14.7 Å². The molecule has 1 N–H and O–H groups in total. The van der Waals surface area contributed by atoms with Gasteiger partial charge in [-0.25, -0.2) is 0 Å². The number of aliphatic imine (C=N–C) groups is 1. The number of carbonyl (C=O) groups is 2. The van der Waals surface area contributed by atoms with E-state index in [1.54, 1.807) is 24.3 Å². The summed E-state index contributed by atoms with van der Waals surface area (Å²) in [6.45, 7) is 5.51. The Bertz CT molecular complexity index is 1070. The van der Waals surface area contributed by atoms with Crippen LogP contribution in [0.1, 0.15) is 42.7 Å². The second-order valence-electron chi connectivity index (χ2n) is 8.02. The molecule has 1 aliphatic carbocycles. The van der Waals surface area contributed by atoms with Crippen LogP contribution in [-0.2, 0) is 14.3 Å². The second-order valence-corrected chi connectivity index (χ2v) is 8.02. The largest absolute Gasteiger partial charge is 0.508 e. The number of benzene rings is 2. The van der Waals surface area contributed by atoms with Crippen molar-refractivity contribution in [2.75, 3.05) is 6.61 Å². The molecule has 2 aliphatic rings. The molecular formula is C26H25NO4. The molecule has 1 aliphatic heterocycles. The minimum Gasteiger partial charge on any atom is -0.508 e. The maximum absolute atomic E-state index is 13.4. The molecule has 2 aromatic rings. The van der Waals surface area contributed by atoms with E-state index in [0.29, 0.717) is 24.1 Å². The zero-order valence-corrected chi connectivity index (χ0v) is 17.5. The Labute approximate surface area is 181 Å². The molecule has 5 heteroatoms. The van der Waals surface area contributed by atoms with Crippen molar-refractivity contribution in [1.29, 1.82) is 0 Å². The van der Waals surface area contributed by atoms with Gasteiger partial charge in [0.15, 0.2) is 5.78 Å². The molecule has 2 aromatic carbocycles. The fraction of sp³-hybridized carbons (Fsp3) is 0.269. The standard InChI is InChI=1S/C26H25NO4/c1-3-13-31-26(30)23-16(2)27-21-14-19(17-7-5-4-6-8-17)15-22(29)25(21)24(23)18-9-11-20(28)12-10-18/h3-12,19,23-24,28H,1,13-15H2,2H3. The normalized spacial score (nSPS) is 23.1. The number of ether oxygens (including phenoxy) is 1. The number of hydrogen-bond donors (Lipinski definition) is 1. The summed E-state index contributed by atoms with van der Waals surface area (Å²) in [5.74, 6) is -1.41. The van der Waals surface area contributed by atoms with E-state index < -0.39 is 17.8 Å². The van der Waals surface area contributed by atoms with Crippen LogP contribution >= 0.6 is 0 Å². The number of aromatic hydroxyl groups is 1. The molecule has 3 unspecified atom stereocenters. The van der Waals surface area contributed by atoms with Crippen molar-refractivity contribution in [3.8, 4) is 5.75 Å². The van der Waals surface area contributed by atoms with Crippen molar-refractivity contribution < 1.29 is 19.4 Å². The van der Waals surface area contributed by atoms with Gasteiger partial charge in [0.05, 0.1) is 0 Å². The number of Topliss-reactive ketones (excluding diaryl/α,β-unsaturated/α-hetero) is 1. The molecule has 0 fully saturated rings. The molecule has 0 saturated heterocycles. The first-order valence-electron chi connectivity index (χ1n) is 10.4. The predicted octanol–water partition coefficient (Wildman–Crippen LogP) is 4.70. The highest BCUT2D eigenvalue weighted by molar-refractivity contribution is 6.09. The van der Waals surface area contributed by atoms with Crippen molar-refractivity contribution in [2.45, 2.75) is 31.6 Å². The van der Waals surface area contributed by atoms with Gasteiger partial charge in [0.2, 0.25) is 0 Å². The van der Waals surface area contributed by atoms with Crippen molar-refractivity contribution >= 4 is 17.5 Å². The molecular weight excluding hydrogens is 390 g/mol. The Hall–Kier alpha value is -3.47. The topological polar surface area (TPSA) is 76.0 Å². The Morgan fingerprint density at radius 2 is 1.84 bits per heavy atom. The Morgan fingerprint density at radius 3 is 2.52 bits per heavy atom. The molecule has 0 spiro atoms. The average Bonchev–Trinajstić information content (AvgIpc) is 2.77. The highest BCUT2D eigenvalue weighted by Gasteiger charge is 2.44. The van der Waals surface area contributed by atoms with Gasteiger partial charge in [-0.3, -0.25) is 14.6 Å². The van der Waals surface area contributed by atoms with Gasteiger partial charge in [-0.15, -0.1) is 0 Å². The molecule has 0 bridgehead atoms. The van der Waals surface area contributed by atoms with Gasteiger partial charge < -0.3 is 9.84 Å². The zero-order chi connectivity index (χ0) is 22.0. The minimum atomic E-state index is -0.694. The fourth-order valence-electron chi connectivity index (χ4n) is 4.60. The number of allylic oxidation sites excluding steroid dienone is 2. The van der Waals surface area contributed by atoms with E-state index in [1.165, 1.54) is 6.08 Å². The molecule has 3 atom stereocenters. The van der Waals surface area contributed by atoms with Gasteiger partial charge >= 0.3 is 5.97 Å². The van der Waals surface area contributed by atoms with E-state index in [-0.39, 0.29) is 24.1 Å². The van der Waals surface area contributed by atoms with E-state index in [4.69, 9.17) is 9.73 Å². The third-order valence-electron chi connectivity index (χ3n) is 6.01. The summed E-state index contributed by atoms with van der Waals surface area (Å²) in [7, 11) is 0. The zero-order valence-electron chi connectivity index (χ0n) is 17.5. The van der Waals surface area contributed by atoms with Crippen LogP contribution in [0.4, 0.5) is 0 Å². The summed E-state index contributed by atoms with van der Waals surface area (Å²) >= 11 is 0. The number of phenolic OH excluding ortho intramolecular Hbond substituents is 1. The first kappa shape index (κ1) is 20.8. The molecule has 5 nitrogen and oxygen atoms in total. The lowest BCUT2D eigenvalue weighted by atomic mass is 9.69. The number of carbonyl (C=O) groups excluding carboxylic acids is 2. The quantitative estimate of drug-likeness (QED) is 0.567. The van der Waals surface area contributed by atoms with E-state index in [1.807, 2.05) is 37.3 Å². The number of phenols is 1. The molecule has 0 amide bonds. The number of hydrogen-bond acceptors (Lipinski definition) is 5. The van der Waals surface area contributed by atoms with Crippen molar-refractivity contribution in [1.82, 2.24) is 0 Å². The number of rotatable bonds is 5. The van der Waals surface area contributed by atoms with Crippen LogP contribution in [0, 0.1) is 5.92 Å². The van der Waals surface area contributed by atoms with E-state index >= 15 is 0 Å². The molecule has 0 saturated carbocycles. The first-order valence-corrected chi connectivity index (χ1v) is 10.4. The van der Waals surface area contributed by atoms with Gasteiger partial charge in [-0.1, -0.05) is 55.1 Å². The van der Waals surface area contributed by atoms with Crippen LogP contribution in [0.15, 0.2) is 83.5 Å². The number of nitrogens with zero attached hydrogens (tertiary/aromatic N) is 1. The van der Waals surface area contributed by atoms with E-state index in [2.05, 4.69) is 6.58 Å². The average molecular weight is 415 g/mol. The van der Waals surface area contributed by atoms with Crippen molar-refractivity contribution in [2.24, 2.45) is 10.9 Å². The smallest absolute Gasteiger partial charge is 0.315 e. The maximum atomic E-state index is 13.4. The van der Waals surface area contributed by atoms with Crippen LogP contribution < -0.4 is 0 Å². The monoisotopic (exact) mass is 415 g/mol. The highest BCUT2D eigenvalue weighted by atomic mass is 16.5. The molecule has 158 valence electrons. The summed E-state index contributed by atoms with van der Waals surface area (Å²) in [5.41, 5.74) is 3.86. The Kier molecular flexibility index (Phi) is 5.85. The Balaban J connectivity index is 1.78. The Morgan fingerprint density at radius 1 is 1.13 bits per heavy atom. The first-order chi connectivity index (χ1) is 15.0. The summed E-state index contributed by atoms with van der Waals surface area (Å²) in [6, 6.07) is 16.6. The third-order valence-corrected chi connectivity index (χ3v) is 6.01. The van der Waals surface area contributed by atoms with Crippen LogP contribution in [0.3, 0.4) is 0 Å². The van der Waals surface area contributed by atoms with Crippen molar-refractivity contribution in [3.05, 3.63) is 89.6 Å². The predicted molar refractivity (Wildman–Crippen MR) is 119 cm³/mol. The van der Waals surface area contributed by atoms with Crippen LogP contribution in [0.5, 0.6) is 5.75 Å². The SMILES string of the molecule is C=CCOC(=O)C1C(C)=NC2=C(C(=O)CC(c3ccccc3)C2)C1c1ccc(O)cc1. The third kappa shape index (κ3) is 4.08. The lowest BCUT2D eigenvalue weighted by Gasteiger charge is -2.36. The second kappa shape index (κ2) is 8.72. The maximum Gasteiger partial charge on any atom is 0.315 e. The van der Waals surface area contributed by atoms with Gasteiger partial charge in [-0.05, 0) is 42.5 Å². The van der Waals surface area contributed by atoms with Gasteiger partial charge in [0.1, 0.15) is 18.3 Å². The number of esters is 1. The molecule has 0 aromatic heterocycles. The van der Waals surface area contributed by atoms with Crippen LogP contribution in [0.25, 0.3) is 0 Å².